The third kappa shape index (κ3) is 8.78. The Bertz CT molecular complexity index is 2630. The third-order valence-corrected chi connectivity index (χ3v) is 12.0. The molecule has 4 aromatic carbocycles. The summed E-state index contributed by atoms with van der Waals surface area (Å²) in [5, 5.41) is 18.0. The van der Waals surface area contributed by atoms with Crippen molar-refractivity contribution in [2.24, 2.45) is 0 Å². The van der Waals surface area contributed by atoms with Gasteiger partial charge in [-0.2, -0.15) is 0 Å². The second kappa shape index (κ2) is 17.3. The number of hydrogen-bond donors (Lipinski definition) is 2. The number of carboxylic acid groups (broad SMARTS) is 1. The lowest BCUT2D eigenvalue weighted by atomic mass is 9.91. The molecule has 2 aliphatic heterocycles. The summed E-state index contributed by atoms with van der Waals surface area (Å²) < 4.78 is 24.0. The van der Waals surface area contributed by atoms with Crippen molar-refractivity contribution in [3.63, 3.8) is 0 Å². The van der Waals surface area contributed by atoms with E-state index in [1.54, 1.807) is 32.2 Å². The highest BCUT2D eigenvalue weighted by Gasteiger charge is 2.39. The van der Waals surface area contributed by atoms with Crippen molar-refractivity contribution in [2.75, 3.05) is 6.61 Å². The summed E-state index contributed by atoms with van der Waals surface area (Å²) in [5.74, 6) is -0.279. The van der Waals surface area contributed by atoms with Crippen LogP contribution in [0.25, 0.3) is 11.1 Å². The summed E-state index contributed by atoms with van der Waals surface area (Å²) in [4.78, 5) is 46.9. The minimum atomic E-state index is -1.26. The quantitative estimate of drug-likeness (QED) is 0.129. The maximum atomic E-state index is 14.3. The number of ether oxygens (including phenoxy) is 3. The Morgan fingerprint density at radius 3 is 2.33 bits per heavy atom. The van der Waals surface area contributed by atoms with Gasteiger partial charge in [0.1, 0.15) is 42.4 Å². The lowest BCUT2D eigenvalue weighted by molar-refractivity contribution is -0.142. The Kier molecular flexibility index (Phi) is 11.7. The summed E-state index contributed by atoms with van der Waals surface area (Å²) in [7, 11) is 0. The van der Waals surface area contributed by atoms with Gasteiger partial charge in [0.2, 0.25) is 5.91 Å². The molecule has 1 unspecified atom stereocenters. The predicted octanol–water partition coefficient (Wildman–Crippen LogP) is 8.75. The van der Waals surface area contributed by atoms with Crippen LogP contribution >= 0.6 is 23.2 Å². The zero-order valence-electron chi connectivity index (χ0n) is 33.8. The number of aliphatic carboxylic acids is 1. The zero-order valence-corrected chi connectivity index (χ0v) is 35.3. The molecule has 14 heteroatoms. The molecule has 8 rings (SSSR count). The van der Waals surface area contributed by atoms with E-state index >= 15 is 0 Å². The number of nitrogens with zero attached hydrogens (tertiary/aromatic N) is 3. The van der Waals surface area contributed by atoms with Crippen LogP contribution in [0.3, 0.4) is 0 Å². The predicted molar refractivity (Wildman–Crippen MR) is 228 cm³/mol. The highest BCUT2D eigenvalue weighted by atomic mass is 35.5. The average molecular weight is 862 g/mol. The SMILES string of the molecule is Cc1nccc(-c2ccc(CC(NC(=O)[C@@H]3Cc4cc5c(cc4CN3C(=O)c3c(C)noc3C)O[C@@H](c3ccc(OCc4ccc(Cl)c(Cl)c4)cc3)CO5)C(=O)O)cc2)c1C. The van der Waals surface area contributed by atoms with Gasteiger partial charge in [0, 0.05) is 31.3 Å². The Balaban J connectivity index is 0.995. The van der Waals surface area contributed by atoms with Crippen LogP contribution in [0.4, 0.5) is 0 Å². The topological polar surface area (TPSA) is 153 Å². The van der Waals surface area contributed by atoms with Crippen LogP contribution in [0, 0.1) is 27.7 Å². The number of fused-ring (bicyclic) bond motifs is 2. The highest BCUT2D eigenvalue weighted by molar-refractivity contribution is 6.42. The molecule has 312 valence electrons. The first-order chi connectivity index (χ1) is 29.3. The Morgan fingerprint density at radius 1 is 0.885 bits per heavy atom. The smallest absolute Gasteiger partial charge is 0.326 e. The number of carbonyl (C=O) groups excluding carboxylic acids is 2. The largest absolute Gasteiger partial charge is 0.489 e. The van der Waals surface area contributed by atoms with Gasteiger partial charge < -0.3 is 34.1 Å². The number of benzene rings is 4. The van der Waals surface area contributed by atoms with Gasteiger partial charge in [-0.1, -0.05) is 70.8 Å². The summed E-state index contributed by atoms with van der Waals surface area (Å²) in [5.41, 5.74) is 8.65. The number of carboxylic acids is 1. The fourth-order valence-corrected chi connectivity index (χ4v) is 8.07. The molecule has 0 bridgehead atoms. The van der Waals surface area contributed by atoms with Crippen LogP contribution in [0.15, 0.2) is 95.6 Å². The van der Waals surface area contributed by atoms with E-state index in [0.29, 0.717) is 45.4 Å². The average Bonchev–Trinajstić information content (AvgIpc) is 3.60. The second-order valence-corrected chi connectivity index (χ2v) is 16.1. The molecule has 4 heterocycles. The van der Waals surface area contributed by atoms with Crippen molar-refractivity contribution in [1.29, 1.82) is 0 Å². The normalized spacial score (nSPS) is 16.1. The summed E-state index contributed by atoms with van der Waals surface area (Å²) >= 11 is 12.2. The molecule has 0 saturated carbocycles. The van der Waals surface area contributed by atoms with Crippen molar-refractivity contribution in [3.8, 4) is 28.4 Å². The number of pyridine rings is 1. The van der Waals surface area contributed by atoms with Crippen molar-refractivity contribution in [1.82, 2.24) is 20.4 Å². The lowest BCUT2D eigenvalue weighted by Crippen LogP contribution is -2.56. The van der Waals surface area contributed by atoms with Crippen molar-refractivity contribution in [3.05, 3.63) is 157 Å². The molecule has 2 N–H and O–H groups in total. The van der Waals surface area contributed by atoms with Crippen LogP contribution in [-0.4, -0.2) is 56.6 Å². The number of halogens is 2. The molecule has 2 aliphatic rings. The van der Waals surface area contributed by atoms with Gasteiger partial charge in [-0.3, -0.25) is 14.6 Å². The van der Waals surface area contributed by atoms with E-state index in [9.17, 15) is 19.5 Å². The van der Waals surface area contributed by atoms with E-state index < -0.39 is 36.0 Å². The molecule has 0 spiro atoms. The van der Waals surface area contributed by atoms with Gasteiger partial charge in [0.25, 0.3) is 5.91 Å². The summed E-state index contributed by atoms with van der Waals surface area (Å²) in [6.07, 6.45) is 1.47. The minimum Gasteiger partial charge on any atom is -0.489 e. The van der Waals surface area contributed by atoms with Gasteiger partial charge in [0.05, 0.1) is 15.7 Å². The number of rotatable bonds is 11. The van der Waals surface area contributed by atoms with Gasteiger partial charge in [-0.25, -0.2) is 4.79 Å². The standard InChI is InChI=1S/C47H42Cl2N4O8/c1-25-26(2)50-16-15-36(25)31-8-5-29(6-9-31)18-39(47(56)57)51-45(54)40-19-33-20-41-42(21-34(33)22-53(40)46(55)44-27(3)52-61-28(44)4)60-43(24-59-41)32-10-12-35(13-11-32)58-23-30-7-14-37(48)38(49)17-30/h5-17,20-21,39-40,43H,18-19,22-24H2,1-4H3,(H,51,54)(H,56,57)/t39?,40-,43+/m0/s1. The highest BCUT2D eigenvalue weighted by Crippen LogP contribution is 2.41. The van der Waals surface area contributed by atoms with Crippen LogP contribution in [0.1, 0.15) is 67.0 Å². The lowest BCUT2D eigenvalue weighted by Gasteiger charge is -2.37. The molecular formula is C47H42Cl2N4O8. The fourth-order valence-electron chi connectivity index (χ4n) is 7.75. The number of aryl methyl sites for hydroxylation is 3. The molecule has 2 aromatic heterocycles. The molecule has 0 fully saturated rings. The zero-order chi connectivity index (χ0) is 42.9. The van der Waals surface area contributed by atoms with E-state index in [1.807, 2.05) is 86.6 Å². The van der Waals surface area contributed by atoms with E-state index in [1.165, 1.54) is 4.90 Å². The monoisotopic (exact) mass is 860 g/mol. The van der Waals surface area contributed by atoms with Crippen molar-refractivity contribution >= 4 is 41.0 Å². The molecule has 12 nitrogen and oxygen atoms in total. The van der Waals surface area contributed by atoms with E-state index in [2.05, 4.69) is 15.5 Å². The van der Waals surface area contributed by atoms with Gasteiger partial charge in [0.15, 0.2) is 17.6 Å². The molecule has 3 atom stereocenters. The molecule has 6 aromatic rings. The Hall–Kier alpha value is -6.37. The fraction of sp³-hybridized carbons (Fsp3) is 0.255. The first-order valence-electron chi connectivity index (χ1n) is 19.7. The van der Waals surface area contributed by atoms with E-state index in [0.717, 1.165) is 50.2 Å². The first kappa shape index (κ1) is 41.4. The van der Waals surface area contributed by atoms with Gasteiger partial charge >= 0.3 is 5.97 Å². The van der Waals surface area contributed by atoms with Crippen molar-refractivity contribution < 1.29 is 38.2 Å². The van der Waals surface area contributed by atoms with Crippen LogP contribution in [0.5, 0.6) is 17.2 Å². The molecule has 0 radical (unpaired) electrons. The first-order valence-corrected chi connectivity index (χ1v) is 20.5. The number of hydrogen-bond acceptors (Lipinski definition) is 9. The maximum Gasteiger partial charge on any atom is 0.326 e. The molecule has 2 amide bonds. The Labute approximate surface area is 362 Å². The second-order valence-electron chi connectivity index (χ2n) is 15.3. The maximum absolute atomic E-state index is 14.3. The number of carbonyl (C=O) groups is 3. The number of nitrogens with one attached hydrogen (secondary N) is 1. The summed E-state index contributed by atoms with van der Waals surface area (Å²) in [6, 6.07) is 23.8. The van der Waals surface area contributed by atoms with Crippen LogP contribution in [-0.2, 0) is 35.6 Å². The molecule has 61 heavy (non-hydrogen) atoms. The molecular weight excluding hydrogens is 819 g/mol. The van der Waals surface area contributed by atoms with Crippen LogP contribution < -0.4 is 19.5 Å². The van der Waals surface area contributed by atoms with Crippen LogP contribution in [0.2, 0.25) is 10.0 Å². The minimum absolute atomic E-state index is 0.0329. The number of amides is 2. The summed E-state index contributed by atoms with van der Waals surface area (Å²) in [6.45, 7) is 7.85. The third-order valence-electron chi connectivity index (χ3n) is 11.3. The Morgan fingerprint density at radius 2 is 1.62 bits per heavy atom. The molecule has 0 aliphatic carbocycles. The van der Waals surface area contributed by atoms with Gasteiger partial charge in [-0.05, 0) is 115 Å². The van der Waals surface area contributed by atoms with E-state index in [-0.39, 0.29) is 31.6 Å². The molecule has 0 saturated heterocycles. The number of aromatic nitrogens is 2. The van der Waals surface area contributed by atoms with E-state index in [4.69, 9.17) is 41.9 Å². The van der Waals surface area contributed by atoms with Gasteiger partial charge in [-0.15, -0.1) is 0 Å². The van der Waals surface area contributed by atoms with Crippen molar-refractivity contribution in [2.45, 2.75) is 71.9 Å².